The summed E-state index contributed by atoms with van der Waals surface area (Å²) in [7, 11) is -2.10. The van der Waals surface area contributed by atoms with Crippen molar-refractivity contribution in [3.8, 4) is 5.75 Å². The summed E-state index contributed by atoms with van der Waals surface area (Å²) >= 11 is 0. The molecule has 0 spiro atoms. The zero-order chi connectivity index (χ0) is 20.7. The second-order valence-electron chi connectivity index (χ2n) is 7.13. The summed E-state index contributed by atoms with van der Waals surface area (Å²) in [5, 5.41) is 3.73. The first kappa shape index (κ1) is 20.3. The van der Waals surface area contributed by atoms with Gasteiger partial charge in [-0.05, 0) is 42.0 Å². The minimum atomic E-state index is -2.10. The third-order valence-electron chi connectivity index (χ3n) is 5.27. The summed E-state index contributed by atoms with van der Waals surface area (Å²) in [6, 6.07) is 40.1. The topological polar surface area (TPSA) is 9.23 Å². The average molecular weight is 415 g/mol. The zero-order valence-electron chi connectivity index (χ0n) is 16.8. The zero-order valence-corrected chi connectivity index (χ0v) is 17.7. The van der Waals surface area contributed by atoms with E-state index in [0.717, 1.165) is 17.2 Å². The fraction of sp³-hybridized carbons (Fsp3) is 0.111. The van der Waals surface area contributed by atoms with Crippen molar-refractivity contribution in [1.29, 1.82) is 0 Å². The average Bonchev–Trinajstić information content (AvgIpc) is 2.83. The molecule has 0 atom stereocenters. The first-order valence-corrected chi connectivity index (χ1v) is 12.1. The van der Waals surface area contributed by atoms with Crippen LogP contribution in [0.4, 0.5) is 4.39 Å². The molecule has 0 saturated carbocycles. The third kappa shape index (κ3) is 4.15. The highest BCUT2D eigenvalue weighted by Crippen LogP contribution is 2.59. The van der Waals surface area contributed by atoms with Crippen LogP contribution in [0.2, 0.25) is 0 Å². The number of halogens is 1. The van der Waals surface area contributed by atoms with Gasteiger partial charge in [-0.25, -0.2) is 4.39 Å². The fourth-order valence-electron chi connectivity index (χ4n) is 3.96. The van der Waals surface area contributed by atoms with E-state index in [4.69, 9.17) is 4.74 Å². The van der Waals surface area contributed by atoms with Gasteiger partial charge in [0.1, 0.15) is 36.5 Å². The summed E-state index contributed by atoms with van der Waals surface area (Å²) in [5.41, 5.74) is 1.28. The number of hydrogen-bond donors (Lipinski definition) is 0. The maximum atomic E-state index is 13.0. The lowest BCUT2D eigenvalue weighted by Gasteiger charge is -2.29. The van der Waals surface area contributed by atoms with Gasteiger partial charge in [0.05, 0.1) is 6.16 Å². The maximum Gasteiger partial charge on any atom is 0.162 e. The largest absolute Gasteiger partial charge is 0.487 e. The van der Waals surface area contributed by atoms with Crippen molar-refractivity contribution in [2.75, 3.05) is 13.3 Å². The van der Waals surface area contributed by atoms with Gasteiger partial charge < -0.3 is 4.74 Å². The van der Waals surface area contributed by atoms with Crippen LogP contribution >= 0.6 is 7.26 Å². The van der Waals surface area contributed by atoms with Gasteiger partial charge in [0, 0.05) is 0 Å². The minimum Gasteiger partial charge on any atom is -0.487 e. The normalized spacial score (nSPS) is 11.2. The van der Waals surface area contributed by atoms with E-state index in [0.29, 0.717) is 0 Å². The van der Waals surface area contributed by atoms with E-state index in [9.17, 15) is 4.39 Å². The van der Waals surface area contributed by atoms with Crippen LogP contribution in [-0.4, -0.2) is 13.3 Å². The third-order valence-corrected chi connectivity index (χ3v) is 9.66. The van der Waals surface area contributed by atoms with Crippen molar-refractivity contribution >= 4 is 23.2 Å². The monoisotopic (exact) mass is 415 g/mol. The highest BCUT2D eigenvalue weighted by molar-refractivity contribution is 7.95. The van der Waals surface area contributed by atoms with Gasteiger partial charge in [0.2, 0.25) is 0 Å². The van der Waals surface area contributed by atoms with Crippen molar-refractivity contribution in [2.24, 2.45) is 0 Å². The summed E-state index contributed by atoms with van der Waals surface area (Å²) < 4.78 is 18.9. The van der Waals surface area contributed by atoms with Gasteiger partial charge in [-0.2, -0.15) is 0 Å². The molecule has 30 heavy (non-hydrogen) atoms. The second-order valence-corrected chi connectivity index (χ2v) is 10.6. The molecular formula is C27H25FOP+. The molecule has 0 heterocycles. The Labute approximate surface area is 178 Å². The lowest BCUT2D eigenvalue weighted by atomic mass is 10.2. The van der Waals surface area contributed by atoms with Gasteiger partial charge in [-0.3, -0.25) is 0 Å². The molecule has 0 saturated heterocycles. The lowest BCUT2D eigenvalue weighted by molar-refractivity contribution is 0.275. The predicted octanol–water partition coefficient (Wildman–Crippen LogP) is 5.53. The van der Waals surface area contributed by atoms with Crippen molar-refractivity contribution < 1.29 is 9.13 Å². The van der Waals surface area contributed by atoms with Gasteiger partial charge in [-0.1, -0.05) is 78.9 Å². The smallest absolute Gasteiger partial charge is 0.162 e. The van der Waals surface area contributed by atoms with E-state index >= 15 is 0 Å². The Balaban J connectivity index is 2.01. The number of rotatable bonds is 8. The molecule has 1 nitrogen and oxygen atoms in total. The molecule has 0 aromatic heterocycles. The van der Waals surface area contributed by atoms with Crippen molar-refractivity contribution in [1.82, 2.24) is 0 Å². The molecule has 0 aliphatic rings. The van der Waals surface area contributed by atoms with Crippen LogP contribution in [0.15, 0.2) is 115 Å². The molecule has 0 bridgehead atoms. The molecule has 0 aliphatic carbocycles. The van der Waals surface area contributed by atoms with Crippen LogP contribution in [0.25, 0.3) is 0 Å². The van der Waals surface area contributed by atoms with Crippen LogP contribution in [0.1, 0.15) is 5.56 Å². The molecule has 4 aromatic rings. The Kier molecular flexibility index (Phi) is 6.57. The molecule has 150 valence electrons. The number of alkyl halides is 1. The molecule has 0 amide bonds. The van der Waals surface area contributed by atoms with Crippen LogP contribution in [0.5, 0.6) is 5.75 Å². The molecule has 0 fully saturated rings. The first-order chi connectivity index (χ1) is 14.8. The van der Waals surface area contributed by atoms with E-state index in [2.05, 4.69) is 97.1 Å². The van der Waals surface area contributed by atoms with E-state index in [-0.39, 0.29) is 6.61 Å². The van der Waals surface area contributed by atoms with Crippen LogP contribution in [-0.2, 0) is 6.16 Å². The van der Waals surface area contributed by atoms with Crippen LogP contribution < -0.4 is 20.7 Å². The highest BCUT2D eigenvalue weighted by Gasteiger charge is 2.47. The molecule has 3 heteroatoms. The van der Waals surface area contributed by atoms with Gasteiger partial charge in [0.25, 0.3) is 0 Å². The number of benzene rings is 4. The van der Waals surface area contributed by atoms with E-state index in [1.165, 1.54) is 16.2 Å². The summed E-state index contributed by atoms with van der Waals surface area (Å²) in [6.45, 7) is -0.443. The van der Waals surface area contributed by atoms with Gasteiger partial charge >= 0.3 is 0 Å². The Hall–Kier alpha value is -2.96. The molecule has 0 aliphatic heterocycles. The standard InChI is InChI=1S/C27H25FOP/c28-20-21-29-26-18-10-11-19-27(26)30(24-14-6-2-7-15-24,25-16-8-3-9-17-25)22-23-12-4-1-5-13-23/h1-19H,20-22H2/q+1. The summed E-state index contributed by atoms with van der Waals surface area (Å²) in [4.78, 5) is 0. The second kappa shape index (κ2) is 9.69. The van der Waals surface area contributed by atoms with Gasteiger partial charge in [-0.15, -0.1) is 0 Å². The Morgan fingerprint density at radius 1 is 0.600 bits per heavy atom. The molecule has 4 rings (SSSR count). The number of hydrogen-bond acceptors (Lipinski definition) is 1. The summed E-state index contributed by atoms with van der Waals surface area (Å²) in [5.74, 6) is 0.770. The molecule has 4 aromatic carbocycles. The van der Waals surface area contributed by atoms with Crippen LogP contribution in [0.3, 0.4) is 0 Å². The van der Waals surface area contributed by atoms with Crippen molar-refractivity contribution in [2.45, 2.75) is 6.16 Å². The highest BCUT2D eigenvalue weighted by atomic mass is 31.2. The summed E-state index contributed by atoms with van der Waals surface area (Å²) in [6.07, 6.45) is 0.873. The number of ether oxygens (including phenoxy) is 1. The maximum absolute atomic E-state index is 13.0. The molecule has 0 unspecified atom stereocenters. The minimum absolute atomic E-state index is 0.0614. The van der Waals surface area contributed by atoms with Gasteiger partial charge in [0.15, 0.2) is 5.75 Å². The van der Waals surface area contributed by atoms with Crippen molar-refractivity contribution in [3.05, 3.63) is 121 Å². The van der Waals surface area contributed by atoms with E-state index in [1.807, 2.05) is 18.2 Å². The fourth-order valence-corrected chi connectivity index (χ4v) is 8.33. The lowest BCUT2D eigenvalue weighted by Crippen LogP contribution is -2.33. The quantitative estimate of drug-likeness (QED) is 0.344. The first-order valence-electron chi connectivity index (χ1n) is 10.2. The molecule has 0 radical (unpaired) electrons. The van der Waals surface area contributed by atoms with Crippen molar-refractivity contribution in [3.63, 3.8) is 0 Å². The van der Waals surface area contributed by atoms with E-state index < -0.39 is 13.9 Å². The Bertz CT molecular complexity index is 1010. The molecule has 0 N–H and O–H groups in total. The SMILES string of the molecule is FCCOc1ccccc1[P+](Cc1ccccc1)(c1ccccc1)c1ccccc1. The molecular weight excluding hydrogens is 390 g/mol. The number of para-hydroxylation sites is 1. The predicted molar refractivity (Wildman–Crippen MR) is 127 cm³/mol. The van der Waals surface area contributed by atoms with E-state index in [1.54, 1.807) is 0 Å². The Morgan fingerprint density at radius 3 is 1.67 bits per heavy atom. The van der Waals surface area contributed by atoms with Crippen LogP contribution in [0, 0.1) is 0 Å². The Morgan fingerprint density at radius 2 is 1.10 bits per heavy atom.